The maximum atomic E-state index is 12.7. The van der Waals surface area contributed by atoms with E-state index in [2.05, 4.69) is 0 Å². The Labute approximate surface area is 167 Å². The number of aliphatic hydroxyl groups is 2. The predicted octanol–water partition coefficient (Wildman–Crippen LogP) is 3.69. The van der Waals surface area contributed by atoms with Crippen molar-refractivity contribution in [3.05, 3.63) is 69.8 Å². The van der Waals surface area contributed by atoms with E-state index in [-0.39, 0.29) is 29.4 Å². The van der Waals surface area contributed by atoms with Crippen molar-refractivity contribution in [3.63, 3.8) is 0 Å². The number of hydrogen-bond donors (Lipinski definition) is 2. The summed E-state index contributed by atoms with van der Waals surface area (Å²) < 4.78 is 0. The molecule has 0 radical (unpaired) electrons. The van der Waals surface area contributed by atoms with Gasteiger partial charge in [-0.1, -0.05) is 24.3 Å². The molecule has 4 unspecified atom stereocenters. The molecule has 148 valence electrons. The first-order valence-corrected chi connectivity index (χ1v) is 10.2. The van der Waals surface area contributed by atoms with Crippen LogP contribution in [0, 0.1) is 28.9 Å². The van der Waals surface area contributed by atoms with Gasteiger partial charge in [0.15, 0.2) is 0 Å². The molecular weight excluding hydrogens is 378 g/mol. The molecule has 3 rings (SSSR count). The van der Waals surface area contributed by atoms with Crippen LogP contribution in [-0.2, 0) is 4.79 Å². The van der Waals surface area contributed by atoms with Gasteiger partial charge in [-0.25, -0.2) is 0 Å². The van der Waals surface area contributed by atoms with Gasteiger partial charge in [0.2, 0.25) is 0 Å². The summed E-state index contributed by atoms with van der Waals surface area (Å²) in [6, 6.07) is 14.3. The van der Waals surface area contributed by atoms with Crippen LogP contribution in [0.5, 0.6) is 0 Å². The van der Waals surface area contributed by atoms with Crippen molar-refractivity contribution >= 4 is 23.2 Å². The fourth-order valence-corrected chi connectivity index (χ4v) is 4.74. The van der Waals surface area contributed by atoms with Crippen LogP contribution in [0.2, 0.25) is 0 Å². The minimum absolute atomic E-state index is 0.00385. The van der Waals surface area contributed by atoms with Crippen molar-refractivity contribution in [2.45, 2.75) is 36.9 Å². The molecule has 2 N–H and O–H groups in total. The van der Waals surface area contributed by atoms with E-state index in [4.69, 9.17) is 0 Å². The molecule has 6 nitrogen and oxygen atoms in total. The minimum atomic E-state index is -1.40. The molecule has 0 aromatic heterocycles. The molecule has 2 aromatic rings. The smallest absolute Gasteiger partial charge is 0.275 e. The number of benzene rings is 2. The van der Waals surface area contributed by atoms with Gasteiger partial charge < -0.3 is 10.2 Å². The SMILES string of the molecule is Cc1ccc(C(O)C2C(=O)CC(CSc3ccccc3)CC2O)c([N+](=O)[O-])c1. The van der Waals surface area contributed by atoms with E-state index in [9.17, 15) is 25.1 Å². The van der Waals surface area contributed by atoms with Gasteiger partial charge >= 0.3 is 0 Å². The second-order valence-corrected chi connectivity index (χ2v) is 8.35. The first-order chi connectivity index (χ1) is 13.4. The largest absolute Gasteiger partial charge is 0.392 e. The number of ketones is 1. The Morgan fingerprint density at radius 3 is 2.61 bits per heavy atom. The Morgan fingerprint density at radius 2 is 1.96 bits per heavy atom. The molecule has 4 atom stereocenters. The maximum absolute atomic E-state index is 12.7. The van der Waals surface area contributed by atoms with Crippen molar-refractivity contribution in [2.75, 3.05) is 5.75 Å². The van der Waals surface area contributed by atoms with Gasteiger partial charge in [0, 0.05) is 23.1 Å². The number of Topliss-reactive ketones (excluding diaryl/α,β-unsaturated/α-hetero) is 1. The molecule has 28 heavy (non-hydrogen) atoms. The third-order valence-corrected chi connectivity index (χ3v) is 6.36. The fraction of sp³-hybridized carbons (Fsp3) is 0.381. The van der Waals surface area contributed by atoms with Gasteiger partial charge in [-0.05, 0) is 43.0 Å². The summed E-state index contributed by atoms with van der Waals surface area (Å²) in [6.45, 7) is 1.72. The topological polar surface area (TPSA) is 101 Å². The number of aliphatic hydroxyl groups excluding tert-OH is 2. The standard InChI is InChI=1S/C21H23NO5S/c1-13-7-8-16(17(9-13)22(26)27)21(25)20-18(23)10-14(11-19(20)24)12-28-15-5-3-2-4-6-15/h2-9,14,18,20-21,23,25H,10-12H2,1H3. The third-order valence-electron chi connectivity index (χ3n) is 5.12. The van der Waals surface area contributed by atoms with Crippen molar-refractivity contribution in [1.29, 1.82) is 0 Å². The van der Waals surface area contributed by atoms with Crippen LogP contribution < -0.4 is 0 Å². The van der Waals surface area contributed by atoms with Crippen LogP contribution in [0.1, 0.15) is 30.1 Å². The van der Waals surface area contributed by atoms with E-state index in [1.54, 1.807) is 24.8 Å². The summed E-state index contributed by atoms with van der Waals surface area (Å²) in [6.07, 6.45) is -1.80. The summed E-state index contributed by atoms with van der Waals surface area (Å²) in [4.78, 5) is 24.6. The molecular formula is C21H23NO5S. The van der Waals surface area contributed by atoms with Crippen molar-refractivity contribution < 1.29 is 19.9 Å². The van der Waals surface area contributed by atoms with E-state index in [1.807, 2.05) is 30.3 Å². The normalized spacial score (nSPS) is 23.4. The first-order valence-electron chi connectivity index (χ1n) is 9.18. The number of carbonyl (C=O) groups excluding carboxylic acids is 1. The average molecular weight is 401 g/mol. The quantitative estimate of drug-likeness (QED) is 0.435. The monoisotopic (exact) mass is 401 g/mol. The molecule has 7 heteroatoms. The molecule has 0 heterocycles. The summed E-state index contributed by atoms with van der Waals surface area (Å²) in [5, 5.41) is 32.6. The highest BCUT2D eigenvalue weighted by Crippen LogP contribution is 2.39. The van der Waals surface area contributed by atoms with Crippen molar-refractivity contribution in [3.8, 4) is 0 Å². The lowest BCUT2D eigenvalue weighted by atomic mass is 9.75. The van der Waals surface area contributed by atoms with Crippen molar-refractivity contribution in [2.24, 2.45) is 11.8 Å². The first kappa shape index (κ1) is 20.5. The number of nitro groups is 1. The van der Waals surface area contributed by atoms with Gasteiger partial charge in [-0.3, -0.25) is 14.9 Å². The Kier molecular flexibility index (Phi) is 6.49. The number of carbonyl (C=O) groups is 1. The number of aryl methyl sites for hydroxylation is 1. The van der Waals surface area contributed by atoms with E-state index < -0.39 is 23.0 Å². The number of hydrogen-bond acceptors (Lipinski definition) is 6. The number of nitro benzene ring substituents is 1. The molecule has 1 aliphatic rings. The molecule has 0 spiro atoms. The van der Waals surface area contributed by atoms with E-state index in [1.165, 1.54) is 12.1 Å². The Bertz CT molecular complexity index is 857. The second-order valence-electron chi connectivity index (χ2n) is 7.25. The molecule has 0 bridgehead atoms. The fourth-order valence-electron chi connectivity index (χ4n) is 3.71. The highest BCUT2D eigenvalue weighted by molar-refractivity contribution is 7.99. The van der Waals surface area contributed by atoms with Gasteiger partial charge in [0.25, 0.3) is 5.69 Å². The molecule has 2 aromatic carbocycles. The molecule has 1 fully saturated rings. The zero-order valence-corrected chi connectivity index (χ0v) is 16.3. The van der Waals surface area contributed by atoms with Gasteiger partial charge in [-0.2, -0.15) is 0 Å². The summed E-state index contributed by atoms with van der Waals surface area (Å²) in [5.41, 5.74) is 0.538. The Morgan fingerprint density at radius 1 is 1.25 bits per heavy atom. The lowest BCUT2D eigenvalue weighted by molar-refractivity contribution is -0.386. The van der Waals surface area contributed by atoms with Crippen molar-refractivity contribution in [1.82, 2.24) is 0 Å². The van der Waals surface area contributed by atoms with Gasteiger partial charge in [-0.15, -0.1) is 11.8 Å². The van der Waals surface area contributed by atoms with E-state index in [0.29, 0.717) is 17.7 Å². The van der Waals surface area contributed by atoms with Crippen LogP contribution in [0.15, 0.2) is 53.4 Å². The minimum Gasteiger partial charge on any atom is -0.392 e. The molecule has 0 aliphatic heterocycles. The van der Waals surface area contributed by atoms with Crippen LogP contribution in [0.4, 0.5) is 5.69 Å². The van der Waals surface area contributed by atoms with Crippen LogP contribution in [-0.4, -0.2) is 32.8 Å². The average Bonchev–Trinajstić information content (AvgIpc) is 2.66. The Hall–Kier alpha value is -2.22. The maximum Gasteiger partial charge on any atom is 0.275 e. The zero-order chi connectivity index (χ0) is 20.3. The summed E-state index contributed by atoms with van der Waals surface area (Å²) >= 11 is 1.63. The predicted molar refractivity (Wildman–Crippen MR) is 107 cm³/mol. The van der Waals surface area contributed by atoms with E-state index >= 15 is 0 Å². The molecule has 1 aliphatic carbocycles. The highest BCUT2D eigenvalue weighted by atomic mass is 32.2. The van der Waals surface area contributed by atoms with Crippen LogP contribution in [0.3, 0.4) is 0 Å². The third kappa shape index (κ3) is 4.60. The summed E-state index contributed by atoms with van der Waals surface area (Å²) in [5.74, 6) is -0.594. The molecule has 0 amide bonds. The van der Waals surface area contributed by atoms with Gasteiger partial charge in [0.05, 0.1) is 28.6 Å². The van der Waals surface area contributed by atoms with Crippen LogP contribution in [0.25, 0.3) is 0 Å². The number of thioether (sulfide) groups is 1. The Balaban J connectivity index is 1.71. The second kappa shape index (κ2) is 8.86. The zero-order valence-electron chi connectivity index (χ0n) is 15.5. The van der Waals surface area contributed by atoms with Crippen LogP contribution >= 0.6 is 11.8 Å². The summed E-state index contributed by atoms with van der Waals surface area (Å²) in [7, 11) is 0. The molecule has 0 saturated heterocycles. The number of rotatable bonds is 6. The molecule has 1 saturated carbocycles. The lowest BCUT2D eigenvalue weighted by Crippen LogP contribution is -2.41. The lowest BCUT2D eigenvalue weighted by Gasteiger charge is -2.34. The van der Waals surface area contributed by atoms with Gasteiger partial charge in [0.1, 0.15) is 5.78 Å². The van der Waals surface area contributed by atoms with E-state index in [0.717, 1.165) is 4.90 Å². The number of nitrogens with zero attached hydrogens (tertiary/aromatic N) is 1. The highest BCUT2D eigenvalue weighted by Gasteiger charge is 2.42.